The Labute approximate surface area is 166 Å². The second-order valence-electron chi connectivity index (χ2n) is 6.14. The van der Waals surface area contributed by atoms with E-state index in [4.69, 9.17) is 21.1 Å². The van der Waals surface area contributed by atoms with Crippen molar-refractivity contribution < 1.29 is 14.3 Å². The van der Waals surface area contributed by atoms with E-state index >= 15 is 0 Å². The molecule has 7 nitrogen and oxygen atoms in total. The monoisotopic (exact) mass is 396 g/mol. The van der Waals surface area contributed by atoms with Crippen LogP contribution in [0.1, 0.15) is 11.3 Å². The van der Waals surface area contributed by atoms with Gasteiger partial charge >= 0.3 is 0 Å². The third-order valence-corrected chi connectivity index (χ3v) is 4.57. The van der Waals surface area contributed by atoms with Gasteiger partial charge in [0.05, 0.1) is 23.2 Å². The maximum Gasteiger partial charge on any atom is 0.284 e. The third-order valence-electron chi connectivity index (χ3n) is 4.29. The zero-order valence-corrected chi connectivity index (χ0v) is 15.8. The second-order valence-corrected chi connectivity index (χ2v) is 6.49. The summed E-state index contributed by atoms with van der Waals surface area (Å²) in [5, 5.41) is 8.63. The van der Waals surface area contributed by atoms with Gasteiger partial charge in [0.2, 0.25) is 6.10 Å². The van der Waals surface area contributed by atoms with Gasteiger partial charge in [-0.2, -0.15) is 10.2 Å². The van der Waals surface area contributed by atoms with E-state index in [1.54, 1.807) is 16.8 Å². The average Bonchev–Trinajstić information content (AvgIpc) is 3.02. The Balaban J connectivity index is 1.44. The van der Waals surface area contributed by atoms with Crippen LogP contribution in [0.3, 0.4) is 0 Å². The van der Waals surface area contributed by atoms with Gasteiger partial charge in [0, 0.05) is 0 Å². The minimum absolute atomic E-state index is 0.115. The van der Waals surface area contributed by atoms with Crippen LogP contribution in [0, 0.1) is 6.92 Å². The molecule has 0 spiro atoms. The molecule has 1 amide bonds. The van der Waals surface area contributed by atoms with Crippen LogP contribution in [0.4, 0.5) is 0 Å². The molecule has 0 fully saturated rings. The zero-order valence-electron chi connectivity index (χ0n) is 15.0. The first-order valence-electron chi connectivity index (χ1n) is 8.65. The van der Waals surface area contributed by atoms with E-state index in [9.17, 15) is 4.79 Å². The van der Waals surface area contributed by atoms with E-state index < -0.39 is 12.0 Å². The molecule has 3 aromatic rings. The summed E-state index contributed by atoms with van der Waals surface area (Å²) in [7, 11) is 0. The minimum Gasteiger partial charge on any atom is -0.485 e. The van der Waals surface area contributed by atoms with Gasteiger partial charge in [-0.15, -0.1) is 0 Å². The summed E-state index contributed by atoms with van der Waals surface area (Å²) >= 11 is 6.24. The highest BCUT2D eigenvalue weighted by Crippen LogP contribution is 2.30. The van der Waals surface area contributed by atoms with Gasteiger partial charge in [-0.1, -0.05) is 41.9 Å². The standard InChI is InChI=1S/C20H17ClN4O3/c1-13-15(19(21)24-25(13)14-7-3-2-4-8-14)11-22-23-20(26)18-12-27-16-9-5-6-10-17(16)28-18/h2-11,18H,12H2,1H3,(H,23,26)/b22-11-/t18-/m1/s1. The van der Waals surface area contributed by atoms with Crippen molar-refractivity contribution in [2.45, 2.75) is 13.0 Å². The van der Waals surface area contributed by atoms with Crippen molar-refractivity contribution in [3.8, 4) is 17.2 Å². The van der Waals surface area contributed by atoms with Gasteiger partial charge in [0.25, 0.3) is 5.91 Å². The minimum atomic E-state index is -0.782. The number of aromatic nitrogens is 2. The molecule has 1 atom stereocenters. The number of nitrogens with one attached hydrogen (secondary N) is 1. The molecule has 0 bridgehead atoms. The number of halogens is 1. The Hall–Kier alpha value is -3.32. The first-order chi connectivity index (χ1) is 13.6. The van der Waals surface area contributed by atoms with Crippen LogP contribution >= 0.6 is 11.6 Å². The van der Waals surface area contributed by atoms with Crippen LogP contribution in [0.15, 0.2) is 59.7 Å². The smallest absolute Gasteiger partial charge is 0.284 e. The fourth-order valence-corrected chi connectivity index (χ4v) is 3.09. The highest BCUT2D eigenvalue weighted by molar-refractivity contribution is 6.32. The molecule has 1 aliphatic rings. The van der Waals surface area contributed by atoms with Gasteiger partial charge in [0.1, 0.15) is 6.61 Å². The van der Waals surface area contributed by atoms with Crippen LogP contribution in [0.2, 0.25) is 5.15 Å². The van der Waals surface area contributed by atoms with Gasteiger partial charge < -0.3 is 9.47 Å². The number of benzene rings is 2. The number of ether oxygens (including phenoxy) is 2. The fourth-order valence-electron chi connectivity index (χ4n) is 2.83. The predicted octanol–water partition coefficient (Wildman–Crippen LogP) is 3.12. The summed E-state index contributed by atoms with van der Waals surface area (Å²) < 4.78 is 12.9. The largest absolute Gasteiger partial charge is 0.485 e. The van der Waals surface area contributed by atoms with Crippen molar-refractivity contribution in [1.29, 1.82) is 0 Å². The number of amides is 1. The van der Waals surface area contributed by atoms with Crippen LogP contribution in [0.25, 0.3) is 5.69 Å². The molecule has 1 N–H and O–H groups in total. The Kier molecular flexibility index (Phi) is 4.99. The summed E-state index contributed by atoms with van der Waals surface area (Å²) in [6.07, 6.45) is 0.690. The van der Waals surface area contributed by atoms with Crippen molar-refractivity contribution in [2.75, 3.05) is 6.61 Å². The number of hydrogen-bond donors (Lipinski definition) is 1. The molecule has 0 saturated carbocycles. The number of rotatable bonds is 4. The highest BCUT2D eigenvalue weighted by atomic mass is 35.5. The molecule has 0 aliphatic carbocycles. The maximum atomic E-state index is 12.3. The van der Waals surface area contributed by atoms with E-state index in [1.165, 1.54) is 6.21 Å². The maximum absolute atomic E-state index is 12.3. The molecule has 28 heavy (non-hydrogen) atoms. The normalized spacial score (nSPS) is 15.6. The van der Waals surface area contributed by atoms with Gasteiger partial charge in [-0.05, 0) is 31.2 Å². The molecule has 0 unspecified atom stereocenters. The molecular formula is C20H17ClN4O3. The number of para-hydroxylation sites is 3. The second kappa shape index (κ2) is 7.74. The van der Waals surface area contributed by atoms with Gasteiger partial charge in [-0.3, -0.25) is 4.79 Å². The number of fused-ring (bicyclic) bond motifs is 1. The highest BCUT2D eigenvalue weighted by Gasteiger charge is 2.27. The predicted molar refractivity (Wildman–Crippen MR) is 105 cm³/mol. The lowest BCUT2D eigenvalue weighted by Gasteiger charge is -2.24. The summed E-state index contributed by atoms with van der Waals surface area (Å²) in [5.41, 5.74) is 4.78. The summed E-state index contributed by atoms with van der Waals surface area (Å²) in [5.74, 6) is 0.738. The number of nitrogens with zero attached hydrogens (tertiary/aromatic N) is 3. The molecule has 142 valence electrons. The van der Waals surface area contributed by atoms with E-state index in [2.05, 4.69) is 15.6 Å². The molecule has 1 aliphatic heterocycles. The molecule has 4 rings (SSSR count). The van der Waals surface area contributed by atoms with Crippen molar-refractivity contribution in [3.63, 3.8) is 0 Å². The molecule has 2 aromatic carbocycles. The Morgan fingerprint density at radius 1 is 1.21 bits per heavy atom. The summed E-state index contributed by atoms with van der Waals surface area (Å²) in [6, 6.07) is 16.8. The first-order valence-corrected chi connectivity index (χ1v) is 9.03. The van der Waals surface area contributed by atoms with Gasteiger partial charge in [0.15, 0.2) is 16.7 Å². The van der Waals surface area contributed by atoms with E-state index in [1.807, 2.05) is 49.4 Å². The quantitative estimate of drug-likeness (QED) is 0.543. The lowest BCUT2D eigenvalue weighted by molar-refractivity contribution is -0.130. The van der Waals surface area contributed by atoms with Crippen molar-refractivity contribution >= 4 is 23.7 Å². The zero-order chi connectivity index (χ0) is 19.5. The fraction of sp³-hybridized carbons (Fsp3) is 0.150. The topological polar surface area (TPSA) is 77.7 Å². The lowest BCUT2D eigenvalue weighted by Crippen LogP contribution is -2.42. The molecular weight excluding hydrogens is 380 g/mol. The third kappa shape index (κ3) is 3.57. The SMILES string of the molecule is Cc1c(/C=N\NC(=O)[C@H]2COc3ccccc3O2)c(Cl)nn1-c1ccccc1. The number of carbonyl (C=O) groups is 1. The van der Waals surface area contributed by atoms with E-state index in [0.717, 1.165) is 11.4 Å². The van der Waals surface area contributed by atoms with Crippen molar-refractivity contribution in [1.82, 2.24) is 15.2 Å². The van der Waals surface area contributed by atoms with Crippen LogP contribution in [-0.4, -0.2) is 34.6 Å². The van der Waals surface area contributed by atoms with E-state index in [-0.39, 0.29) is 6.61 Å². The van der Waals surface area contributed by atoms with Crippen LogP contribution in [0.5, 0.6) is 11.5 Å². The number of carbonyl (C=O) groups excluding carboxylic acids is 1. The van der Waals surface area contributed by atoms with Crippen molar-refractivity contribution in [3.05, 3.63) is 71.0 Å². The van der Waals surface area contributed by atoms with E-state index in [0.29, 0.717) is 22.2 Å². The Bertz CT molecular complexity index is 1030. The Morgan fingerprint density at radius 2 is 1.93 bits per heavy atom. The molecule has 0 radical (unpaired) electrons. The number of hydrogen-bond acceptors (Lipinski definition) is 5. The molecule has 8 heteroatoms. The summed E-state index contributed by atoms with van der Waals surface area (Å²) in [4.78, 5) is 12.3. The first kappa shape index (κ1) is 18.1. The average molecular weight is 397 g/mol. The van der Waals surface area contributed by atoms with Crippen LogP contribution < -0.4 is 14.9 Å². The molecule has 0 saturated heterocycles. The lowest BCUT2D eigenvalue weighted by atomic mass is 10.2. The van der Waals surface area contributed by atoms with Crippen LogP contribution in [-0.2, 0) is 4.79 Å². The Morgan fingerprint density at radius 3 is 2.71 bits per heavy atom. The van der Waals surface area contributed by atoms with Gasteiger partial charge in [-0.25, -0.2) is 10.1 Å². The molecule has 2 heterocycles. The summed E-state index contributed by atoms with van der Waals surface area (Å²) in [6.45, 7) is 1.99. The molecule has 1 aromatic heterocycles. The number of hydrazone groups is 1. The van der Waals surface area contributed by atoms with Crippen molar-refractivity contribution in [2.24, 2.45) is 5.10 Å².